The molecule has 0 aliphatic carbocycles. The number of hydrogen-bond donors (Lipinski definition) is 3. The second-order valence-electron chi connectivity index (χ2n) is 4.21. The average Bonchev–Trinajstić information content (AvgIpc) is 2.70. The van der Waals surface area contributed by atoms with Crippen molar-refractivity contribution in [2.75, 3.05) is 17.2 Å². The number of hydrogen-bond acceptors (Lipinski definition) is 3. The van der Waals surface area contributed by atoms with Gasteiger partial charge in [-0.2, -0.15) is 0 Å². The fourth-order valence-electron chi connectivity index (χ4n) is 2.23. The average molecular weight is 223 g/mol. The second kappa shape index (κ2) is 3.28. The standard InChI is InChI=1S/C14H13N3/c15-9-4-5-11-12(13(16)7-9)6-8-2-1-3-10(8)14(11)17/h1-7H,15-17H2. The van der Waals surface area contributed by atoms with Gasteiger partial charge >= 0.3 is 0 Å². The zero-order chi connectivity index (χ0) is 12.0. The molecule has 3 aromatic carbocycles. The van der Waals surface area contributed by atoms with Gasteiger partial charge in [0.05, 0.1) is 0 Å². The molecule has 0 radical (unpaired) electrons. The van der Waals surface area contributed by atoms with Crippen molar-refractivity contribution >= 4 is 38.6 Å². The van der Waals surface area contributed by atoms with Crippen LogP contribution in [-0.4, -0.2) is 0 Å². The Morgan fingerprint density at radius 3 is 2.35 bits per heavy atom. The van der Waals surface area contributed by atoms with Crippen LogP contribution in [0.1, 0.15) is 0 Å². The number of fused-ring (bicyclic) bond motifs is 2. The summed E-state index contributed by atoms with van der Waals surface area (Å²) in [5.74, 6) is 0. The molecule has 0 saturated carbocycles. The lowest BCUT2D eigenvalue weighted by atomic mass is 10.1. The zero-order valence-corrected chi connectivity index (χ0v) is 9.27. The molecule has 6 N–H and O–H groups in total. The fraction of sp³-hybridized carbons (Fsp3) is 0. The molecule has 0 atom stereocenters. The quantitative estimate of drug-likeness (QED) is 0.513. The van der Waals surface area contributed by atoms with Gasteiger partial charge in [0.1, 0.15) is 0 Å². The monoisotopic (exact) mass is 223 g/mol. The molecule has 3 rings (SSSR count). The molecule has 0 bridgehead atoms. The van der Waals surface area contributed by atoms with Gasteiger partial charge in [0.15, 0.2) is 0 Å². The molecule has 0 aromatic heterocycles. The number of anilines is 3. The van der Waals surface area contributed by atoms with Crippen LogP contribution in [0.4, 0.5) is 17.1 Å². The first-order chi connectivity index (χ1) is 8.16. The third-order valence-electron chi connectivity index (χ3n) is 3.10. The van der Waals surface area contributed by atoms with Crippen LogP contribution in [0.15, 0.2) is 42.5 Å². The number of benzene rings is 1. The highest BCUT2D eigenvalue weighted by molar-refractivity contribution is 6.13. The van der Waals surface area contributed by atoms with E-state index in [2.05, 4.69) is 6.07 Å². The summed E-state index contributed by atoms with van der Waals surface area (Å²) in [6.07, 6.45) is 0. The van der Waals surface area contributed by atoms with Gasteiger partial charge in [0.2, 0.25) is 0 Å². The van der Waals surface area contributed by atoms with Crippen LogP contribution in [0, 0.1) is 0 Å². The van der Waals surface area contributed by atoms with Crippen LogP contribution in [0.5, 0.6) is 0 Å². The third kappa shape index (κ3) is 1.36. The van der Waals surface area contributed by atoms with E-state index in [4.69, 9.17) is 17.2 Å². The Morgan fingerprint density at radius 2 is 1.53 bits per heavy atom. The minimum Gasteiger partial charge on any atom is -0.399 e. The highest BCUT2D eigenvalue weighted by Crippen LogP contribution is 2.33. The molecule has 3 aromatic rings. The predicted molar refractivity (Wildman–Crippen MR) is 74.7 cm³/mol. The van der Waals surface area contributed by atoms with Gasteiger partial charge in [-0.3, -0.25) is 0 Å². The molecule has 17 heavy (non-hydrogen) atoms. The SMILES string of the molecule is Nc1ccc2c(N)c3cccc3cc2c(N)c1. The van der Waals surface area contributed by atoms with Gasteiger partial charge in [0.25, 0.3) is 0 Å². The van der Waals surface area contributed by atoms with Crippen LogP contribution in [0.2, 0.25) is 0 Å². The van der Waals surface area contributed by atoms with Gasteiger partial charge in [-0.15, -0.1) is 0 Å². The van der Waals surface area contributed by atoms with Crippen molar-refractivity contribution in [1.29, 1.82) is 0 Å². The van der Waals surface area contributed by atoms with Crippen molar-refractivity contribution in [3.63, 3.8) is 0 Å². The van der Waals surface area contributed by atoms with E-state index >= 15 is 0 Å². The lowest BCUT2D eigenvalue weighted by Gasteiger charge is -2.03. The van der Waals surface area contributed by atoms with Gasteiger partial charge in [-0.25, -0.2) is 0 Å². The van der Waals surface area contributed by atoms with E-state index in [1.54, 1.807) is 6.07 Å². The maximum absolute atomic E-state index is 6.18. The van der Waals surface area contributed by atoms with E-state index in [1.165, 1.54) is 0 Å². The van der Waals surface area contributed by atoms with Crippen molar-refractivity contribution in [2.24, 2.45) is 0 Å². The highest BCUT2D eigenvalue weighted by atomic mass is 14.6. The summed E-state index contributed by atoms with van der Waals surface area (Å²) in [5, 5.41) is 4.05. The lowest BCUT2D eigenvalue weighted by Crippen LogP contribution is -1.89. The summed E-state index contributed by atoms with van der Waals surface area (Å²) in [4.78, 5) is 0. The maximum Gasteiger partial charge on any atom is 0.0474 e. The summed E-state index contributed by atoms with van der Waals surface area (Å²) in [6, 6.07) is 13.6. The summed E-state index contributed by atoms with van der Waals surface area (Å²) < 4.78 is 0. The molecular weight excluding hydrogens is 210 g/mol. The molecule has 0 unspecified atom stereocenters. The normalized spacial score (nSPS) is 11.1. The maximum atomic E-state index is 6.18. The van der Waals surface area contributed by atoms with Crippen molar-refractivity contribution in [1.82, 2.24) is 0 Å². The molecule has 0 saturated heterocycles. The third-order valence-corrected chi connectivity index (χ3v) is 3.10. The van der Waals surface area contributed by atoms with Crippen LogP contribution >= 0.6 is 0 Å². The molecular formula is C14H13N3. The van der Waals surface area contributed by atoms with E-state index in [-0.39, 0.29) is 0 Å². The molecule has 0 spiro atoms. The number of nitrogen functional groups attached to an aromatic ring is 3. The minimum atomic E-state index is 0.637. The molecule has 84 valence electrons. The van der Waals surface area contributed by atoms with Crippen LogP contribution in [0.25, 0.3) is 21.5 Å². The van der Waals surface area contributed by atoms with E-state index in [0.717, 1.165) is 27.2 Å². The molecule has 0 amide bonds. The summed E-state index contributed by atoms with van der Waals surface area (Å²) in [7, 11) is 0. The van der Waals surface area contributed by atoms with Crippen LogP contribution in [-0.2, 0) is 0 Å². The van der Waals surface area contributed by atoms with Crippen molar-refractivity contribution in [3.8, 4) is 0 Å². The molecule has 0 heterocycles. The fourth-order valence-corrected chi connectivity index (χ4v) is 2.23. The highest BCUT2D eigenvalue weighted by Gasteiger charge is 2.06. The molecule has 0 aliphatic rings. The zero-order valence-electron chi connectivity index (χ0n) is 9.27. The van der Waals surface area contributed by atoms with Gasteiger partial charge < -0.3 is 17.2 Å². The number of nitrogens with two attached hydrogens (primary N) is 3. The van der Waals surface area contributed by atoms with E-state index in [9.17, 15) is 0 Å². The van der Waals surface area contributed by atoms with Crippen LogP contribution in [0.3, 0.4) is 0 Å². The second-order valence-corrected chi connectivity index (χ2v) is 4.21. The number of rotatable bonds is 0. The summed E-state index contributed by atoms with van der Waals surface area (Å²) in [5.41, 5.74) is 20.0. The Morgan fingerprint density at radius 1 is 0.706 bits per heavy atom. The summed E-state index contributed by atoms with van der Waals surface area (Å²) in [6.45, 7) is 0. The smallest absolute Gasteiger partial charge is 0.0474 e. The Bertz CT molecular complexity index is 732. The molecule has 0 fully saturated rings. The van der Waals surface area contributed by atoms with Crippen molar-refractivity contribution in [3.05, 3.63) is 42.5 Å². The Labute approximate surface area is 98.8 Å². The van der Waals surface area contributed by atoms with Crippen LogP contribution < -0.4 is 17.2 Å². The largest absolute Gasteiger partial charge is 0.399 e. The van der Waals surface area contributed by atoms with Gasteiger partial charge in [-0.05, 0) is 23.6 Å². The van der Waals surface area contributed by atoms with Crippen molar-refractivity contribution in [2.45, 2.75) is 0 Å². The first-order valence-corrected chi connectivity index (χ1v) is 5.43. The molecule has 3 heteroatoms. The van der Waals surface area contributed by atoms with Crippen molar-refractivity contribution < 1.29 is 0 Å². The molecule has 0 aliphatic heterocycles. The molecule has 3 nitrogen and oxygen atoms in total. The van der Waals surface area contributed by atoms with E-state index in [1.807, 2.05) is 30.3 Å². The Balaban J connectivity index is 2.62. The first-order valence-electron chi connectivity index (χ1n) is 5.43. The lowest BCUT2D eigenvalue weighted by molar-refractivity contribution is 1.78. The van der Waals surface area contributed by atoms with E-state index in [0.29, 0.717) is 11.4 Å². The topological polar surface area (TPSA) is 78.1 Å². The predicted octanol–water partition coefficient (Wildman–Crippen LogP) is 2.74. The Hall–Kier alpha value is -2.42. The Kier molecular flexibility index (Phi) is 1.89. The summed E-state index contributed by atoms with van der Waals surface area (Å²) >= 11 is 0. The first kappa shape index (κ1) is 9.78. The van der Waals surface area contributed by atoms with E-state index < -0.39 is 0 Å². The van der Waals surface area contributed by atoms with Gasteiger partial charge in [-0.1, -0.05) is 24.3 Å². The van der Waals surface area contributed by atoms with Gasteiger partial charge in [0, 0.05) is 33.2 Å². The minimum absolute atomic E-state index is 0.637.